The minimum absolute atomic E-state index is 0.0179. The average Bonchev–Trinajstić information content (AvgIpc) is 3.11. The number of nitrogens with one attached hydrogen (secondary N) is 2. The number of aliphatic hydroxyl groups excluding tert-OH is 1. The third-order valence-electron chi connectivity index (χ3n) is 3.82. The summed E-state index contributed by atoms with van der Waals surface area (Å²) in [5.41, 5.74) is 3.51. The summed E-state index contributed by atoms with van der Waals surface area (Å²) < 4.78 is 5.57. The highest BCUT2D eigenvalue weighted by molar-refractivity contribution is 5.94. The summed E-state index contributed by atoms with van der Waals surface area (Å²) in [7, 11) is 0. The molecule has 1 atom stereocenters. The van der Waals surface area contributed by atoms with Crippen molar-refractivity contribution in [2.75, 3.05) is 25.0 Å². The van der Waals surface area contributed by atoms with E-state index in [0.29, 0.717) is 0 Å². The number of rotatable bonds is 6. The number of hydrogen-bond acceptors (Lipinski definition) is 5. The van der Waals surface area contributed by atoms with Gasteiger partial charge in [-0.25, -0.2) is 0 Å². The number of nitrogens with zero attached hydrogens (tertiary/aromatic N) is 1. The Hall–Kier alpha value is -2.53. The molecule has 1 aliphatic rings. The minimum atomic E-state index is -0.185. The van der Waals surface area contributed by atoms with Crippen molar-refractivity contribution >= 4 is 11.6 Å². The lowest BCUT2D eigenvalue weighted by atomic mass is 10.0. The van der Waals surface area contributed by atoms with Crippen LogP contribution in [0.15, 0.2) is 53.5 Å². The summed E-state index contributed by atoms with van der Waals surface area (Å²) in [6.45, 7) is 3.59. The molecular formula is C19H23N3O2. The van der Waals surface area contributed by atoms with E-state index in [4.69, 9.17) is 9.84 Å². The van der Waals surface area contributed by atoms with Crippen molar-refractivity contribution in [3.8, 4) is 5.75 Å². The maximum absolute atomic E-state index is 9.02. The molecule has 0 saturated carbocycles. The monoisotopic (exact) mass is 325 g/mol. The van der Waals surface area contributed by atoms with Crippen LogP contribution in [-0.4, -0.2) is 36.9 Å². The normalized spacial score (nSPS) is 14.7. The Morgan fingerprint density at radius 1 is 1.12 bits per heavy atom. The van der Waals surface area contributed by atoms with Crippen molar-refractivity contribution in [3.05, 3.63) is 59.7 Å². The van der Waals surface area contributed by atoms with E-state index in [2.05, 4.69) is 52.0 Å². The largest absolute Gasteiger partial charge is 0.488 e. The van der Waals surface area contributed by atoms with Gasteiger partial charge in [0.15, 0.2) is 5.96 Å². The van der Waals surface area contributed by atoms with E-state index in [9.17, 15) is 0 Å². The Bertz CT molecular complexity index is 681. The third-order valence-corrected chi connectivity index (χ3v) is 3.82. The first-order chi connectivity index (χ1) is 11.7. The molecule has 0 fully saturated rings. The molecule has 3 N–H and O–H groups in total. The minimum Gasteiger partial charge on any atom is -0.488 e. The zero-order valence-corrected chi connectivity index (χ0v) is 13.8. The highest BCUT2D eigenvalue weighted by Gasteiger charge is 2.05. The SMILES string of the molecule is CC(CO)Oc1ccc(Cc2ccc(NC3=NCCN3)cc2)cc1. The number of aliphatic imine (C=N–C) groups is 1. The molecule has 0 radical (unpaired) electrons. The van der Waals surface area contributed by atoms with Crippen LogP contribution < -0.4 is 15.4 Å². The number of hydrogen-bond donors (Lipinski definition) is 3. The number of anilines is 1. The smallest absolute Gasteiger partial charge is 0.195 e. The summed E-state index contributed by atoms with van der Waals surface area (Å²) in [5, 5.41) is 15.5. The fourth-order valence-corrected chi connectivity index (χ4v) is 2.52. The van der Waals surface area contributed by atoms with E-state index in [-0.39, 0.29) is 12.7 Å². The van der Waals surface area contributed by atoms with Gasteiger partial charge in [0.05, 0.1) is 13.2 Å². The van der Waals surface area contributed by atoms with Gasteiger partial charge in [-0.3, -0.25) is 4.99 Å². The van der Waals surface area contributed by atoms with Crippen molar-refractivity contribution in [1.82, 2.24) is 5.32 Å². The van der Waals surface area contributed by atoms with Gasteiger partial charge in [-0.2, -0.15) is 0 Å². The van der Waals surface area contributed by atoms with Crippen molar-refractivity contribution in [1.29, 1.82) is 0 Å². The third kappa shape index (κ3) is 4.49. The van der Waals surface area contributed by atoms with Crippen molar-refractivity contribution in [2.24, 2.45) is 4.99 Å². The second-order valence-electron chi connectivity index (χ2n) is 5.91. The molecule has 5 nitrogen and oxygen atoms in total. The van der Waals surface area contributed by atoms with Gasteiger partial charge < -0.3 is 20.5 Å². The van der Waals surface area contributed by atoms with Gasteiger partial charge in [0.1, 0.15) is 11.9 Å². The van der Waals surface area contributed by atoms with E-state index in [1.807, 2.05) is 19.1 Å². The van der Waals surface area contributed by atoms with Gasteiger partial charge in [0.2, 0.25) is 0 Å². The molecule has 126 valence electrons. The Morgan fingerprint density at radius 3 is 2.38 bits per heavy atom. The van der Waals surface area contributed by atoms with Crippen molar-refractivity contribution < 1.29 is 9.84 Å². The molecule has 0 saturated heterocycles. The van der Waals surface area contributed by atoms with Gasteiger partial charge in [-0.1, -0.05) is 24.3 Å². The molecule has 0 spiro atoms. The molecule has 0 bridgehead atoms. The second-order valence-corrected chi connectivity index (χ2v) is 5.91. The van der Waals surface area contributed by atoms with E-state index < -0.39 is 0 Å². The first kappa shape index (κ1) is 16.3. The lowest BCUT2D eigenvalue weighted by molar-refractivity contribution is 0.129. The van der Waals surface area contributed by atoms with Crippen LogP contribution in [0.25, 0.3) is 0 Å². The predicted octanol–water partition coefficient (Wildman–Crippen LogP) is 2.41. The van der Waals surface area contributed by atoms with Crippen molar-refractivity contribution in [2.45, 2.75) is 19.4 Å². The molecule has 5 heteroatoms. The number of guanidine groups is 1. The molecule has 0 aliphatic carbocycles. The quantitative estimate of drug-likeness (QED) is 0.763. The summed E-state index contributed by atoms with van der Waals surface area (Å²) in [5.74, 6) is 1.63. The fourth-order valence-electron chi connectivity index (χ4n) is 2.52. The van der Waals surface area contributed by atoms with Crippen LogP contribution in [0.3, 0.4) is 0 Å². The number of aliphatic hydroxyl groups is 1. The summed E-state index contributed by atoms with van der Waals surface area (Å²) in [4.78, 5) is 4.32. The lowest BCUT2D eigenvalue weighted by Gasteiger charge is -2.12. The van der Waals surface area contributed by atoms with Crippen molar-refractivity contribution in [3.63, 3.8) is 0 Å². The first-order valence-corrected chi connectivity index (χ1v) is 8.23. The Kier molecular flexibility index (Phi) is 5.33. The standard InChI is InChI=1S/C19H23N3O2/c1-14(13-23)24-18-8-4-16(5-9-18)12-15-2-6-17(7-3-15)22-19-20-10-11-21-19/h2-9,14,23H,10-13H2,1H3,(H2,20,21,22). The van der Waals surface area contributed by atoms with Crippen LogP contribution in [0.1, 0.15) is 18.1 Å². The molecule has 1 aliphatic heterocycles. The van der Waals surface area contributed by atoms with Crippen LogP contribution in [0.2, 0.25) is 0 Å². The molecule has 0 aromatic heterocycles. The summed E-state index contributed by atoms with van der Waals surface area (Å²) in [6.07, 6.45) is 0.685. The highest BCUT2D eigenvalue weighted by atomic mass is 16.5. The number of ether oxygens (including phenoxy) is 1. The summed E-state index contributed by atoms with van der Waals surface area (Å²) >= 11 is 0. The fraction of sp³-hybridized carbons (Fsp3) is 0.316. The van der Waals surface area contributed by atoms with E-state index in [1.54, 1.807) is 0 Å². The van der Waals surface area contributed by atoms with Gasteiger partial charge in [-0.15, -0.1) is 0 Å². The van der Waals surface area contributed by atoms with Gasteiger partial charge in [-0.05, 0) is 48.7 Å². The topological polar surface area (TPSA) is 65.9 Å². The second kappa shape index (κ2) is 7.84. The van der Waals surface area contributed by atoms with Crippen LogP contribution in [0.5, 0.6) is 5.75 Å². The maximum Gasteiger partial charge on any atom is 0.195 e. The first-order valence-electron chi connectivity index (χ1n) is 8.23. The van der Waals surface area contributed by atoms with Gasteiger partial charge >= 0.3 is 0 Å². The van der Waals surface area contributed by atoms with Crippen LogP contribution in [-0.2, 0) is 6.42 Å². The summed E-state index contributed by atoms with van der Waals surface area (Å²) in [6, 6.07) is 16.4. The van der Waals surface area contributed by atoms with E-state index >= 15 is 0 Å². The maximum atomic E-state index is 9.02. The van der Waals surface area contributed by atoms with E-state index in [0.717, 1.165) is 36.9 Å². The van der Waals surface area contributed by atoms with Crippen LogP contribution >= 0.6 is 0 Å². The molecule has 1 heterocycles. The van der Waals surface area contributed by atoms with Crippen LogP contribution in [0.4, 0.5) is 5.69 Å². The number of benzene rings is 2. The molecule has 0 amide bonds. The zero-order chi connectivity index (χ0) is 16.8. The lowest BCUT2D eigenvalue weighted by Crippen LogP contribution is -2.26. The van der Waals surface area contributed by atoms with Gasteiger partial charge in [0.25, 0.3) is 0 Å². The molecular weight excluding hydrogens is 302 g/mol. The molecule has 2 aromatic carbocycles. The Morgan fingerprint density at radius 2 is 1.79 bits per heavy atom. The van der Waals surface area contributed by atoms with Gasteiger partial charge in [0, 0.05) is 12.2 Å². The zero-order valence-electron chi connectivity index (χ0n) is 13.8. The average molecular weight is 325 g/mol. The Labute approximate surface area is 142 Å². The predicted molar refractivity (Wildman–Crippen MR) is 96.8 cm³/mol. The van der Waals surface area contributed by atoms with E-state index in [1.165, 1.54) is 11.1 Å². The van der Waals surface area contributed by atoms with Crippen LogP contribution in [0, 0.1) is 0 Å². The highest BCUT2D eigenvalue weighted by Crippen LogP contribution is 2.18. The molecule has 24 heavy (non-hydrogen) atoms. The molecule has 2 aromatic rings. The molecule has 1 unspecified atom stereocenters. The Balaban J connectivity index is 1.57. The molecule has 3 rings (SSSR count).